The van der Waals surface area contributed by atoms with E-state index in [1.807, 2.05) is 4.90 Å². The van der Waals surface area contributed by atoms with Gasteiger partial charge in [-0.25, -0.2) is 4.79 Å². The van der Waals surface area contributed by atoms with Crippen LogP contribution >= 0.6 is 0 Å². The van der Waals surface area contributed by atoms with Crippen LogP contribution in [0.4, 0.5) is 4.79 Å². The van der Waals surface area contributed by atoms with Crippen molar-refractivity contribution in [2.24, 2.45) is 11.8 Å². The molecule has 0 bridgehead atoms. The van der Waals surface area contributed by atoms with E-state index in [1.54, 1.807) is 0 Å². The molecule has 0 unspecified atom stereocenters. The van der Waals surface area contributed by atoms with E-state index in [-0.39, 0.29) is 6.03 Å². The number of carbonyl (C=O) groups is 1. The monoisotopic (exact) mass is 324 g/mol. The first kappa shape index (κ1) is 18.5. The highest BCUT2D eigenvalue weighted by Gasteiger charge is 2.21. The van der Waals surface area contributed by atoms with Gasteiger partial charge in [-0.05, 0) is 50.7 Å². The molecule has 0 radical (unpaired) electrons. The first-order chi connectivity index (χ1) is 11.0. The lowest BCUT2D eigenvalue weighted by atomic mass is 9.99. The number of piperidine rings is 1. The van der Waals surface area contributed by atoms with E-state index in [0.717, 1.165) is 58.2 Å². The summed E-state index contributed by atoms with van der Waals surface area (Å²) < 4.78 is 0. The maximum Gasteiger partial charge on any atom is 0.317 e. The molecule has 0 aromatic heterocycles. The molecule has 2 heterocycles. The molecular weight excluding hydrogens is 288 g/mol. The van der Waals surface area contributed by atoms with E-state index in [1.165, 1.54) is 25.9 Å². The molecule has 2 aliphatic heterocycles. The van der Waals surface area contributed by atoms with Crippen LogP contribution in [0.5, 0.6) is 0 Å². The van der Waals surface area contributed by atoms with Crippen molar-refractivity contribution in [3.05, 3.63) is 0 Å². The van der Waals surface area contributed by atoms with Gasteiger partial charge in [0.15, 0.2) is 0 Å². The van der Waals surface area contributed by atoms with Gasteiger partial charge in [0.25, 0.3) is 0 Å². The second kappa shape index (κ2) is 9.48. The third-order valence-electron chi connectivity index (χ3n) is 5.09. The van der Waals surface area contributed by atoms with Crippen molar-refractivity contribution < 1.29 is 4.79 Å². The van der Waals surface area contributed by atoms with Gasteiger partial charge in [-0.15, -0.1) is 0 Å². The van der Waals surface area contributed by atoms with E-state index in [0.29, 0.717) is 5.92 Å². The van der Waals surface area contributed by atoms with E-state index >= 15 is 0 Å². The molecular formula is C18H36N4O. The highest BCUT2D eigenvalue weighted by molar-refractivity contribution is 5.74. The Balaban J connectivity index is 1.53. The Morgan fingerprint density at radius 1 is 1.04 bits per heavy atom. The lowest BCUT2D eigenvalue weighted by molar-refractivity contribution is 0.130. The van der Waals surface area contributed by atoms with Gasteiger partial charge in [0.1, 0.15) is 0 Å². The molecule has 0 aliphatic carbocycles. The molecule has 1 N–H and O–H groups in total. The second-order valence-electron chi connectivity index (χ2n) is 7.79. The Bertz CT molecular complexity index is 345. The Morgan fingerprint density at radius 3 is 2.30 bits per heavy atom. The minimum atomic E-state index is 0.126. The van der Waals surface area contributed by atoms with Gasteiger partial charge in [0, 0.05) is 39.3 Å². The smallest absolute Gasteiger partial charge is 0.317 e. The zero-order valence-corrected chi connectivity index (χ0v) is 15.4. The third-order valence-corrected chi connectivity index (χ3v) is 5.09. The predicted molar refractivity (Wildman–Crippen MR) is 95.7 cm³/mol. The number of nitrogens with one attached hydrogen (secondary N) is 1. The van der Waals surface area contributed by atoms with Gasteiger partial charge in [0.2, 0.25) is 0 Å². The molecule has 0 saturated carbocycles. The van der Waals surface area contributed by atoms with Gasteiger partial charge in [-0.3, -0.25) is 4.90 Å². The molecule has 0 aromatic rings. The number of hydrogen-bond acceptors (Lipinski definition) is 3. The van der Waals surface area contributed by atoms with Crippen molar-refractivity contribution in [3.8, 4) is 0 Å². The molecule has 134 valence electrons. The van der Waals surface area contributed by atoms with Crippen LogP contribution in [-0.4, -0.2) is 79.6 Å². The number of piperazine rings is 1. The van der Waals surface area contributed by atoms with E-state index in [4.69, 9.17) is 0 Å². The average molecular weight is 325 g/mol. The van der Waals surface area contributed by atoms with Gasteiger partial charge in [-0.2, -0.15) is 0 Å². The number of urea groups is 1. The summed E-state index contributed by atoms with van der Waals surface area (Å²) in [4.78, 5) is 19.2. The number of amides is 2. The summed E-state index contributed by atoms with van der Waals surface area (Å²) in [6.07, 6.45) is 3.72. The quantitative estimate of drug-likeness (QED) is 0.761. The van der Waals surface area contributed by atoms with Crippen LogP contribution in [0.3, 0.4) is 0 Å². The SMILES string of the molecule is CC(C)CN1CCN(C(=O)NCCCN2CCC(C)CC2)CC1. The fourth-order valence-electron chi connectivity index (χ4n) is 3.55. The Hall–Kier alpha value is -0.810. The molecule has 2 amide bonds. The van der Waals surface area contributed by atoms with Gasteiger partial charge < -0.3 is 15.1 Å². The van der Waals surface area contributed by atoms with E-state index < -0.39 is 0 Å². The lowest BCUT2D eigenvalue weighted by Gasteiger charge is -2.35. The number of carbonyl (C=O) groups excluding carboxylic acids is 1. The Kier molecular flexibility index (Phi) is 7.63. The predicted octanol–water partition coefficient (Wildman–Crippen LogP) is 2.09. The molecule has 0 atom stereocenters. The molecule has 2 saturated heterocycles. The summed E-state index contributed by atoms with van der Waals surface area (Å²) in [6, 6.07) is 0.126. The maximum atomic E-state index is 12.2. The first-order valence-electron chi connectivity index (χ1n) is 9.52. The second-order valence-corrected chi connectivity index (χ2v) is 7.79. The lowest BCUT2D eigenvalue weighted by Crippen LogP contribution is -2.52. The van der Waals surface area contributed by atoms with Crippen LogP contribution in [0.25, 0.3) is 0 Å². The highest BCUT2D eigenvalue weighted by Crippen LogP contribution is 2.15. The van der Waals surface area contributed by atoms with E-state index in [9.17, 15) is 4.79 Å². The van der Waals surface area contributed by atoms with Crippen LogP contribution in [-0.2, 0) is 0 Å². The summed E-state index contributed by atoms with van der Waals surface area (Å²) >= 11 is 0. The van der Waals surface area contributed by atoms with Crippen LogP contribution in [0, 0.1) is 11.8 Å². The topological polar surface area (TPSA) is 38.8 Å². The fraction of sp³-hybridized carbons (Fsp3) is 0.944. The zero-order chi connectivity index (χ0) is 16.7. The van der Waals surface area contributed by atoms with Crippen LogP contribution in [0.1, 0.15) is 40.0 Å². The minimum absolute atomic E-state index is 0.126. The minimum Gasteiger partial charge on any atom is -0.338 e. The molecule has 2 fully saturated rings. The van der Waals surface area contributed by atoms with E-state index in [2.05, 4.69) is 35.9 Å². The van der Waals surface area contributed by atoms with Crippen molar-refractivity contribution >= 4 is 6.03 Å². The summed E-state index contributed by atoms with van der Waals surface area (Å²) in [5, 5.41) is 3.10. The largest absolute Gasteiger partial charge is 0.338 e. The molecule has 23 heavy (non-hydrogen) atoms. The molecule has 5 heteroatoms. The van der Waals surface area contributed by atoms with Gasteiger partial charge in [-0.1, -0.05) is 20.8 Å². The van der Waals surface area contributed by atoms with Crippen molar-refractivity contribution in [2.75, 3.05) is 58.9 Å². The van der Waals surface area contributed by atoms with Gasteiger partial charge >= 0.3 is 6.03 Å². The Labute approximate surface area is 142 Å². The van der Waals surface area contributed by atoms with Gasteiger partial charge in [0.05, 0.1) is 0 Å². The standard InChI is InChI=1S/C18H36N4O/c1-16(2)15-21-11-13-22(14-12-21)18(23)19-7-4-8-20-9-5-17(3)6-10-20/h16-17H,4-15H2,1-3H3,(H,19,23). The third kappa shape index (κ3) is 6.68. The maximum absolute atomic E-state index is 12.2. The van der Waals surface area contributed by atoms with Crippen LogP contribution in [0.2, 0.25) is 0 Å². The number of hydrogen-bond donors (Lipinski definition) is 1. The van der Waals surface area contributed by atoms with Crippen LogP contribution in [0.15, 0.2) is 0 Å². The molecule has 0 aromatic carbocycles. The highest BCUT2D eigenvalue weighted by atomic mass is 16.2. The first-order valence-corrected chi connectivity index (χ1v) is 9.52. The zero-order valence-electron chi connectivity index (χ0n) is 15.4. The summed E-state index contributed by atoms with van der Waals surface area (Å²) in [7, 11) is 0. The number of rotatable bonds is 6. The molecule has 5 nitrogen and oxygen atoms in total. The summed E-state index contributed by atoms with van der Waals surface area (Å²) in [6.45, 7) is 16.1. The van der Waals surface area contributed by atoms with Crippen molar-refractivity contribution in [1.82, 2.24) is 20.0 Å². The average Bonchev–Trinajstić information content (AvgIpc) is 2.53. The summed E-state index contributed by atoms with van der Waals surface area (Å²) in [5.41, 5.74) is 0. The fourth-order valence-corrected chi connectivity index (χ4v) is 3.55. The van der Waals surface area contributed by atoms with Crippen molar-refractivity contribution in [1.29, 1.82) is 0 Å². The number of nitrogens with zero attached hydrogens (tertiary/aromatic N) is 3. The summed E-state index contributed by atoms with van der Waals surface area (Å²) in [5.74, 6) is 1.59. The molecule has 2 rings (SSSR count). The molecule has 2 aliphatic rings. The van der Waals surface area contributed by atoms with Crippen molar-refractivity contribution in [2.45, 2.75) is 40.0 Å². The normalized spacial score (nSPS) is 21.8. The van der Waals surface area contributed by atoms with Crippen molar-refractivity contribution in [3.63, 3.8) is 0 Å². The van der Waals surface area contributed by atoms with Crippen LogP contribution < -0.4 is 5.32 Å². The molecule has 0 spiro atoms. The Morgan fingerprint density at radius 2 is 1.70 bits per heavy atom. The number of likely N-dealkylation sites (tertiary alicyclic amines) is 1.